The molecule has 6 rings (SSSR count). The minimum absolute atomic E-state index is 0.160. The molecule has 0 bridgehead atoms. The number of H-pyrrole nitrogens is 1. The highest BCUT2D eigenvalue weighted by Crippen LogP contribution is 2.48. The van der Waals surface area contributed by atoms with Gasteiger partial charge in [-0.15, -0.1) is 0 Å². The molecular formula is C29H23NO4. The fraction of sp³-hybridized carbons (Fsp3) is 0.103. The second kappa shape index (κ2) is 7.97. The van der Waals surface area contributed by atoms with Gasteiger partial charge < -0.3 is 24.3 Å². The van der Waals surface area contributed by atoms with Crippen LogP contribution >= 0.6 is 0 Å². The highest BCUT2D eigenvalue weighted by Gasteiger charge is 2.41. The summed E-state index contributed by atoms with van der Waals surface area (Å²) >= 11 is 0. The van der Waals surface area contributed by atoms with Crippen molar-refractivity contribution in [2.45, 2.75) is 5.60 Å². The lowest BCUT2D eigenvalue weighted by Crippen LogP contribution is -2.30. The normalized spacial score (nSPS) is 14.2. The fourth-order valence-corrected chi connectivity index (χ4v) is 4.82. The monoisotopic (exact) mass is 449 g/mol. The van der Waals surface area contributed by atoms with Gasteiger partial charge in [-0.25, -0.2) is 0 Å². The lowest BCUT2D eigenvalue weighted by molar-refractivity contribution is 0.118. The zero-order valence-corrected chi connectivity index (χ0v) is 18.6. The molecule has 1 aliphatic heterocycles. The Kier molecular flexibility index (Phi) is 4.78. The van der Waals surface area contributed by atoms with E-state index in [1.165, 1.54) is 0 Å². The first kappa shape index (κ1) is 20.4. The van der Waals surface area contributed by atoms with Crippen LogP contribution in [-0.2, 0) is 5.60 Å². The molecule has 0 aliphatic carbocycles. The Morgan fingerprint density at radius 3 is 2.41 bits per heavy atom. The molecule has 34 heavy (non-hydrogen) atoms. The van der Waals surface area contributed by atoms with Crippen LogP contribution in [0.25, 0.3) is 22.0 Å². The molecule has 1 aliphatic rings. The standard InChI is InChI=1S/C29H23NO4/c1-32-24-14-8-6-12-22(24)29(31,20-15-16-25-26(17-20)34-18-33-25)28-27(19-9-3-2-4-10-19)21-11-5-7-13-23(21)30-28/h2-17,30-31H,18H2,1H3. The van der Waals surface area contributed by atoms with E-state index >= 15 is 0 Å². The highest BCUT2D eigenvalue weighted by molar-refractivity contribution is 5.98. The first-order chi connectivity index (χ1) is 16.7. The number of hydrogen-bond acceptors (Lipinski definition) is 4. The van der Waals surface area contributed by atoms with E-state index in [0.29, 0.717) is 34.1 Å². The number of ether oxygens (including phenoxy) is 3. The van der Waals surface area contributed by atoms with Crippen molar-refractivity contribution in [3.63, 3.8) is 0 Å². The van der Waals surface area contributed by atoms with Gasteiger partial charge in [0.05, 0.1) is 12.8 Å². The molecule has 4 aromatic carbocycles. The highest BCUT2D eigenvalue weighted by atomic mass is 16.7. The van der Waals surface area contributed by atoms with Gasteiger partial charge in [-0.3, -0.25) is 0 Å². The molecule has 1 unspecified atom stereocenters. The molecule has 1 atom stereocenters. The zero-order chi connectivity index (χ0) is 23.1. The number of benzene rings is 4. The van der Waals surface area contributed by atoms with Crippen molar-refractivity contribution >= 4 is 10.9 Å². The lowest BCUT2D eigenvalue weighted by atomic mass is 9.80. The first-order valence-corrected chi connectivity index (χ1v) is 11.1. The molecule has 0 radical (unpaired) electrons. The van der Waals surface area contributed by atoms with Crippen LogP contribution in [0.5, 0.6) is 17.2 Å². The maximum atomic E-state index is 12.8. The van der Waals surface area contributed by atoms with Gasteiger partial charge in [-0.1, -0.05) is 72.8 Å². The third-order valence-corrected chi connectivity index (χ3v) is 6.42. The van der Waals surface area contributed by atoms with E-state index in [4.69, 9.17) is 14.2 Å². The number of hydrogen-bond donors (Lipinski definition) is 2. The summed E-state index contributed by atoms with van der Waals surface area (Å²) in [6.07, 6.45) is 0. The number of para-hydroxylation sites is 2. The minimum atomic E-state index is -1.57. The second-order valence-electron chi connectivity index (χ2n) is 8.27. The predicted octanol–water partition coefficient (Wildman–Crippen LogP) is 5.86. The predicted molar refractivity (Wildman–Crippen MR) is 131 cm³/mol. The van der Waals surface area contributed by atoms with Gasteiger partial charge >= 0.3 is 0 Å². The van der Waals surface area contributed by atoms with Crippen LogP contribution in [0.4, 0.5) is 0 Å². The van der Waals surface area contributed by atoms with Crippen molar-refractivity contribution < 1.29 is 19.3 Å². The van der Waals surface area contributed by atoms with Crippen LogP contribution in [0.1, 0.15) is 16.8 Å². The molecule has 0 spiro atoms. The van der Waals surface area contributed by atoms with E-state index < -0.39 is 5.60 Å². The third-order valence-electron chi connectivity index (χ3n) is 6.42. The first-order valence-electron chi connectivity index (χ1n) is 11.1. The average Bonchev–Trinajstić information content (AvgIpc) is 3.53. The summed E-state index contributed by atoms with van der Waals surface area (Å²) < 4.78 is 16.9. The van der Waals surface area contributed by atoms with Gasteiger partial charge in [0.15, 0.2) is 17.1 Å². The van der Waals surface area contributed by atoms with Crippen molar-refractivity contribution in [2.75, 3.05) is 13.9 Å². The molecule has 0 amide bonds. The Hall–Kier alpha value is -4.22. The van der Waals surface area contributed by atoms with Crippen LogP contribution in [0.2, 0.25) is 0 Å². The van der Waals surface area contributed by atoms with E-state index in [-0.39, 0.29) is 6.79 Å². The summed E-state index contributed by atoms with van der Waals surface area (Å²) in [4.78, 5) is 3.54. The maximum absolute atomic E-state index is 12.8. The second-order valence-corrected chi connectivity index (χ2v) is 8.27. The van der Waals surface area contributed by atoms with Crippen LogP contribution < -0.4 is 14.2 Å². The van der Waals surface area contributed by atoms with E-state index in [1.54, 1.807) is 7.11 Å². The number of fused-ring (bicyclic) bond motifs is 2. The molecule has 5 aromatic rings. The fourth-order valence-electron chi connectivity index (χ4n) is 4.82. The van der Waals surface area contributed by atoms with Gasteiger partial charge in [0.25, 0.3) is 0 Å². The Morgan fingerprint density at radius 2 is 1.56 bits per heavy atom. The average molecular weight is 450 g/mol. The maximum Gasteiger partial charge on any atom is 0.231 e. The molecule has 0 fully saturated rings. The smallest absolute Gasteiger partial charge is 0.231 e. The molecule has 5 nitrogen and oxygen atoms in total. The summed E-state index contributed by atoms with van der Waals surface area (Å²) in [5.41, 5.74) is 3.22. The number of aromatic amines is 1. The number of methoxy groups -OCH3 is 1. The van der Waals surface area contributed by atoms with Crippen molar-refractivity contribution in [3.05, 3.63) is 114 Å². The Labute approximate surface area is 197 Å². The molecule has 0 saturated heterocycles. The van der Waals surface area contributed by atoms with Gasteiger partial charge in [-0.2, -0.15) is 0 Å². The van der Waals surface area contributed by atoms with Gasteiger partial charge in [0, 0.05) is 22.0 Å². The van der Waals surface area contributed by atoms with Crippen LogP contribution in [-0.4, -0.2) is 24.0 Å². The Bertz CT molecular complexity index is 1490. The third kappa shape index (κ3) is 3.05. The van der Waals surface area contributed by atoms with Crippen molar-refractivity contribution in [2.24, 2.45) is 0 Å². The molecule has 2 N–H and O–H groups in total. The Morgan fingerprint density at radius 1 is 0.824 bits per heavy atom. The largest absolute Gasteiger partial charge is 0.496 e. The van der Waals surface area contributed by atoms with E-state index in [9.17, 15) is 5.11 Å². The zero-order valence-electron chi connectivity index (χ0n) is 18.6. The van der Waals surface area contributed by atoms with Crippen molar-refractivity contribution in [1.82, 2.24) is 4.98 Å². The van der Waals surface area contributed by atoms with E-state index in [0.717, 1.165) is 22.0 Å². The molecule has 1 aromatic heterocycles. The van der Waals surface area contributed by atoms with Gasteiger partial charge in [0.2, 0.25) is 6.79 Å². The molecular weight excluding hydrogens is 426 g/mol. The number of aliphatic hydroxyl groups is 1. The number of rotatable bonds is 5. The van der Waals surface area contributed by atoms with Crippen LogP contribution in [0.15, 0.2) is 97.1 Å². The summed E-state index contributed by atoms with van der Waals surface area (Å²) in [6.45, 7) is 0.160. The molecule has 0 saturated carbocycles. The summed E-state index contributed by atoms with van der Waals surface area (Å²) in [7, 11) is 1.61. The summed E-state index contributed by atoms with van der Waals surface area (Å²) in [5.74, 6) is 1.84. The van der Waals surface area contributed by atoms with Crippen molar-refractivity contribution in [3.8, 4) is 28.4 Å². The van der Waals surface area contributed by atoms with Crippen LogP contribution in [0.3, 0.4) is 0 Å². The molecule has 2 heterocycles. The molecule has 168 valence electrons. The lowest BCUT2D eigenvalue weighted by Gasteiger charge is -2.31. The Balaban J connectivity index is 1.72. The quantitative estimate of drug-likeness (QED) is 0.353. The topological polar surface area (TPSA) is 63.7 Å². The summed E-state index contributed by atoms with van der Waals surface area (Å²) in [5, 5.41) is 13.8. The number of nitrogens with one attached hydrogen (secondary N) is 1. The SMILES string of the molecule is COc1ccccc1C(O)(c1ccc2c(c1)OCO2)c1[nH]c2ccccc2c1-c1ccccc1. The van der Waals surface area contributed by atoms with Gasteiger partial charge in [-0.05, 0) is 35.4 Å². The van der Waals surface area contributed by atoms with Gasteiger partial charge in [0.1, 0.15) is 5.75 Å². The van der Waals surface area contributed by atoms with Crippen LogP contribution in [0, 0.1) is 0 Å². The van der Waals surface area contributed by atoms with E-state index in [1.807, 2.05) is 78.9 Å². The minimum Gasteiger partial charge on any atom is -0.496 e. The van der Waals surface area contributed by atoms with Crippen molar-refractivity contribution in [1.29, 1.82) is 0 Å². The summed E-state index contributed by atoms with van der Waals surface area (Å²) in [6, 6.07) is 31.3. The number of aromatic nitrogens is 1. The molecule has 5 heteroatoms. The van der Waals surface area contributed by atoms with E-state index in [2.05, 4.69) is 23.2 Å².